The number of allylic oxidation sites excluding steroid dienone is 2. The van der Waals surface area contributed by atoms with Crippen LogP contribution in [0.4, 0.5) is 18.9 Å². The Labute approximate surface area is 205 Å². The molecule has 3 rings (SSSR count). The molecule has 0 aliphatic heterocycles. The molecule has 1 heterocycles. The second-order valence-electron chi connectivity index (χ2n) is 7.26. The Morgan fingerprint density at radius 1 is 1.09 bits per heavy atom. The van der Waals surface area contributed by atoms with Crippen LogP contribution in [0.2, 0.25) is 5.15 Å². The van der Waals surface area contributed by atoms with Gasteiger partial charge in [0.2, 0.25) is 5.91 Å². The van der Waals surface area contributed by atoms with Crippen LogP contribution in [-0.4, -0.2) is 22.6 Å². The van der Waals surface area contributed by atoms with E-state index in [-0.39, 0.29) is 17.4 Å². The fourth-order valence-electron chi connectivity index (χ4n) is 3.23. The van der Waals surface area contributed by atoms with Gasteiger partial charge in [-0.3, -0.25) is 4.79 Å². The average molecular weight is 503 g/mol. The number of carbonyl (C=O) groups is 1. The molecule has 0 bridgehead atoms. The lowest BCUT2D eigenvalue weighted by Crippen LogP contribution is -2.11. The predicted octanol–water partition coefficient (Wildman–Crippen LogP) is 6.27. The van der Waals surface area contributed by atoms with E-state index >= 15 is 0 Å². The first-order chi connectivity index (χ1) is 16.7. The zero-order chi connectivity index (χ0) is 25.4. The SMILES string of the molecule is CCOc1ccc(C(=CC=CC(=O)Nc2c(CO)ccnc2Cl)c2ccc(C(F)(F)F)cc2)cc1. The molecule has 0 radical (unpaired) electrons. The van der Waals surface area contributed by atoms with E-state index in [9.17, 15) is 23.1 Å². The van der Waals surface area contributed by atoms with Gasteiger partial charge >= 0.3 is 6.18 Å². The Morgan fingerprint density at radius 2 is 1.71 bits per heavy atom. The summed E-state index contributed by atoms with van der Waals surface area (Å²) in [5.74, 6) is 0.135. The number of pyridine rings is 1. The standard InChI is InChI=1S/C26H22ClF3N2O3/c1-2-35-21-12-8-18(9-13-21)22(17-6-10-20(11-7-17)26(28,29)30)4-3-5-23(34)32-24-19(16-33)14-15-31-25(24)27/h3-15,33H,2,16H2,1H3,(H,32,34). The molecule has 2 N–H and O–H groups in total. The molecule has 35 heavy (non-hydrogen) atoms. The summed E-state index contributed by atoms with van der Waals surface area (Å²) in [5.41, 5.74) is 1.70. The van der Waals surface area contributed by atoms with Gasteiger partial charge in [-0.1, -0.05) is 48.0 Å². The van der Waals surface area contributed by atoms with Crippen molar-refractivity contribution in [3.05, 3.63) is 106 Å². The second-order valence-corrected chi connectivity index (χ2v) is 7.61. The van der Waals surface area contributed by atoms with Gasteiger partial charge in [0.25, 0.3) is 0 Å². The Balaban J connectivity index is 1.90. The Hall–Kier alpha value is -3.62. The van der Waals surface area contributed by atoms with Crippen molar-refractivity contribution < 1.29 is 27.8 Å². The second kappa shape index (κ2) is 11.7. The van der Waals surface area contributed by atoms with Crippen LogP contribution < -0.4 is 10.1 Å². The zero-order valence-electron chi connectivity index (χ0n) is 18.6. The minimum atomic E-state index is -4.44. The summed E-state index contributed by atoms with van der Waals surface area (Å²) in [5, 5.41) is 12.0. The fraction of sp³-hybridized carbons (Fsp3) is 0.154. The van der Waals surface area contributed by atoms with Crippen LogP contribution >= 0.6 is 11.6 Å². The number of nitrogens with one attached hydrogen (secondary N) is 1. The number of hydrogen-bond acceptors (Lipinski definition) is 4. The number of halogens is 4. The van der Waals surface area contributed by atoms with E-state index in [0.29, 0.717) is 29.1 Å². The van der Waals surface area contributed by atoms with E-state index in [1.807, 2.05) is 6.92 Å². The molecule has 0 spiro atoms. The van der Waals surface area contributed by atoms with E-state index in [2.05, 4.69) is 10.3 Å². The quantitative estimate of drug-likeness (QED) is 0.216. The topological polar surface area (TPSA) is 71.5 Å². The number of alkyl halides is 3. The zero-order valence-corrected chi connectivity index (χ0v) is 19.4. The molecule has 1 amide bonds. The van der Waals surface area contributed by atoms with Gasteiger partial charge < -0.3 is 15.2 Å². The molecule has 5 nitrogen and oxygen atoms in total. The third-order valence-corrected chi connectivity index (χ3v) is 5.21. The third kappa shape index (κ3) is 6.94. The average Bonchev–Trinajstić information content (AvgIpc) is 2.83. The van der Waals surface area contributed by atoms with Crippen molar-refractivity contribution in [2.24, 2.45) is 0 Å². The molecule has 3 aromatic rings. The number of aliphatic hydroxyl groups is 1. The molecule has 0 unspecified atom stereocenters. The number of carbonyl (C=O) groups excluding carboxylic acids is 1. The summed E-state index contributed by atoms with van der Waals surface area (Å²) in [6.07, 6.45) is 1.30. The first-order valence-corrected chi connectivity index (χ1v) is 10.9. The summed E-state index contributed by atoms with van der Waals surface area (Å²) >= 11 is 6.01. The normalized spacial score (nSPS) is 12.1. The summed E-state index contributed by atoms with van der Waals surface area (Å²) in [6, 6.07) is 13.4. The molecule has 182 valence electrons. The third-order valence-electron chi connectivity index (χ3n) is 4.92. The number of anilines is 1. The fourth-order valence-corrected chi connectivity index (χ4v) is 3.45. The molecular weight excluding hydrogens is 481 g/mol. The van der Waals surface area contributed by atoms with Gasteiger partial charge in [-0.05, 0) is 54.0 Å². The molecule has 9 heteroatoms. The van der Waals surface area contributed by atoms with Crippen molar-refractivity contribution in [3.63, 3.8) is 0 Å². The number of ether oxygens (including phenoxy) is 1. The summed E-state index contributed by atoms with van der Waals surface area (Å²) in [6.45, 7) is 2.02. The lowest BCUT2D eigenvalue weighted by molar-refractivity contribution is -0.137. The summed E-state index contributed by atoms with van der Waals surface area (Å²) < 4.78 is 44.5. The van der Waals surface area contributed by atoms with Crippen LogP contribution in [0.5, 0.6) is 5.75 Å². The largest absolute Gasteiger partial charge is 0.494 e. The molecule has 1 aromatic heterocycles. The molecule has 0 saturated carbocycles. The van der Waals surface area contributed by atoms with Gasteiger partial charge in [-0.25, -0.2) is 4.98 Å². The Morgan fingerprint density at radius 3 is 2.29 bits per heavy atom. The van der Waals surface area contributed by atoms with E-state index in [1.54, 1.807) is 30.3 Å². The maximum absolute atomic E-state index is 13.0. The van der Waals surface area contributed by atoms with Gasteiger partial charge in [-0.15, -0.1) is 0 Å². The maximum Gasteiger partial charge on any atom is 0.416 e. The monoisotopic (exact) mass is 502 g/mol. The summed E-state index contributed by atoms with van der Waals surface area (Å²) in [4.78, 5) is 16.3. The number of amides is 1. The van der Waals surface area contributed by atoms with E-state index in [4.69, 9.17) is 16.3 Å². The van der Waals surface area contributed by atoms with Crippen LogP contribution in [0, 0.1) is 0 Å². The predicted molar refractivity (Wildman–Crippen MR) is 129 cm³/mol. The highest BCUT2D eigenvalue weighted by atomic mass is 35.5. The van der Waals surface area contributed by atoms with Crippen LogP contribution in [0.25, 0.3) is 5.57 Å². The van der Waals surface area contributed by atoms with Crippen LogP contribution in [0.3, 0.4) is 0 Å². The van der Waals surface area contributed by atoms with E-state index in [0.717, 1.165) is 17.7 Å². The van der Waals surface area contributed by atoms with Crippen molar-refractivity contribution in [1.82, 2.24) is 4.98 Å². The number of aliphatic hydroxyl groups excluding tert-OH is 1. The van der Waals surface area contributed by atoms with Gasteiger partial charge in [0, 0.05) is 17.8 Å². The maximum atomic E-state index is 13.0. The highest BCUT2D eigenvalue weighted by Crippen LogP contribution is 2.32. The lowest BCUT2D eigenvalue weighted by Gasteiger charge is -2.12. The molecular formula is C26H22ClF3N2O3. The van der Waals surface area contributed by atoms with Crippen molar-refractivity contribution in [1.29, 1.82) is 0 Å². The molecule has 0 fully saturated rings. The molecule has 0 saturated heterocycles. The van der Waals surface area contributed by atoms with Gasteiger partial charge in [0.1, 0.15) is 5.75 Å². The van der Waals surface area contributed by atoms with Gasteiger partial charge in [0.15, 0.2) is 5.15 Å². The van der Waals surface area contributed by atoms with Crippen molar-refractivity contribution in [2.45, 2.75) is 19.7 Å². The van der Waals surface area contributed by atoms with E-state index in [1.165, 1.54) is 36.5 Å². The smallest absolute Gasteiger partial charge is 0.416 e. The minimum Gasteiger partial charge on any atom is -0.494 e. The van der Waals surface area contributed by atoms with Crippen molar-refractivity contribution in [3.8, 4) is 5.75 Å². The lowest BCUT2D eigenvalue weighted by atomic mass is 9.96. The van der Waals surface area contributed by atoms with Gasteiger partial charge in [-0.2, -0.15) is 13.2 Å². The highest BCUT2D eigenvalue weighted by molar-refractivity contribution is 6.32. The molecule has 2 aromatic carbocycles. The molecule has 0 atom stereocenters. The van der Waals surface area contributed by atoms with Crippen LogP contribution in [-0.2, 0) is 17.6 Å². The number of nitrogens with zero attached hydrogens (tertiary/aromatic N) is 1. The molecule has 0 aliphatic rings. The van der Waals surface area contributed by atoms with Crippen molar-refractivity contribution in [2.75, 3.05) is 11.9 Å². The number of aromatic nitrogens is 1. The highest BCUT2D eigenvalue weighted by Gasteiger charge is 2.30. The van der Waals surface area contributed by atoms with Crippen LogP contribution in [0.15, 0.2) is 79.0 Å². The van der Waals surface area contributed by atoms with E-state index < -0.39 is 17.6 Å². The first kappa shape index (κ1) is 26.0. The van der Waals surface area contributed by atoms with Gasteiger partial charge in [0.05, 0.1) is 24.5 Å². The Bertz CT molecular complexity index is 1220. The number of rotatable bonds is 8. The van der Waals surface area contributed by atoms with Crippen molar-refractivity contribution >= 4 is 28.8 Å². The number of benzene rings is 2. The van der Waals surface area contributed by atoms with Crippen LogP contribution in [0.1, 0.15) is 29.2 Å². The summed E-state index contributed by atoms with van der Waals surface area (Å²) in [7, 11) is 0. The first-order valence-electron chi connectivity index (χ1n) is 10.6. The number of hydrogen-bond donors (Lipinski definition) is 2. The minimum absolute atomic E-state index is 0.0358. The molecule has 0 aliphatic carbocycles. The Kier molecular flexibility index (Phi) is 8.68.